The second-order valence-electron chi connectivity index (χ2n) is 8.40. The van der Waals surface area contributed by atoms with Crippen LogP contribution in [0.4, 0.5) is 10.5 Å². The van der Waals surface area contributed by atoms with Gasteiger partial charge in [0.05, 0.1) is 12.2 Å². The minimum Gasteiger partial charge on any atom is -0.493 e. The Balaban J connectivity index is 1.34. The van der Waals surface area contributed by atoms with Gasteiger partial charge in [0.1, 0.15) is 5.75 Å². The molecule has 33 heavy (non-hydrogen) atoms. The van der Waals surface area contributed by atoms with E-state index in [-0.39, 0.29) is 23.8 Å². The average molecular weight is 448 g/mol. The lowest BCUT2D eigenvalue weighted by atomic mass is 10.0. The predicted octanol–water partition coefficient (Wildman–Crippen LogP) is 4.17. The lowest BCUT2D eigenvalue weighted by Crippen LogP contribution is -2.50. The van der Waals surface area contributed by atoms with E-state index in [0.29, 0.717) is 50.4 Å². The number of urea groups is 1. The first kappa shape index (κ1) is 22.6. The predicted molar refractivity (Wildman–Crippen MR) is 126 cm³/mol. The Morgan fingerprint density at radius 1 is 1.12 bits per heavy atom. The molecule has 172 valence electrons. The van der Waals surface area contributed by atoms with Crippen molar-refractivity contribution >= 4 is 23.4 Å². The summed E-state index contributed by atoms with van der Waals surface area (Å²) in [5, 5.41) is 2.95. The van der Waals surface area contributed by atoms with Crippen LogP contribution in [-0.4, -0.2) is 53.3 Å². The molecule has 2 aromatic carbocycles. The number of anilines is 1. The van der Waals surface area contributed by atoms with Crippen molar-refractivity contribution in [3.8, 4) is 5.75 Å². The molecule has 1 fully saturated rings. The van der Waals surface area contributed by atoms with Gasteiger partial charge in [0, 0.05) is 37.4 Å². The van der Waals surface area contributed by atoms with Gasteiger partial charge in [-0.15, -0.1) is 0 Å². The molecule has 0 atom stereocenters. The van der Waals surface area contributed by atoms with E-state index < -0.39 is 0 Å². The summed E-state index contributed by atoms with van der Waals surface area (Å²) >= 11 is 0. The summed E-state index contributed by atoms with van der Waals surface area (Å²) in [6.07, 6.45) is 4.06. The van der Waals surface area contributed by atoms with E-state index in [9.17, 15) is 14.4 Å². The number of rotatable bonds is 6. The number of ketones is 1. The summed E-state index contributed by atoms with van der Waals surface area (Å²) in [5.74, 6) is 0.0763. The minimum atomic E-state index is -0.259. The van der Waals surface area contributed by atoms with Crippen LogP contribution in [0.2, 0.25) is 0 Å². The smallest absolute Gasteiger partial charge is 0.322 e. The Morgan fingerprint density at radius 3 is 2.64 bits per heavy atom. The highest BCUT2D eigenvalue weighted by molar-refractivity contribution is 6.09. The zero-order valence-corrected chi connectivity index (χ0v) is 19.0. The Labute approximate surface area is 194 Å². The Hall–Kier alpha value is -3.61. The number of ether oxygens (including phenoxy) is 1. The van der Waals surface area contributed by atoms with E-state index in [0.717, 1.165) is 16.8 Å². The van der Waals surface area contributed by atoms with Gasteiger partial charge in [-0.25, -0.2) is 4.79 Å². The fraction of sp³-hybridized carbons (Fsp3) is 0.346. The fourth-order valence-electron chi connectivity index (χ4n) is 4.37. The van der Waals surface area contributed by atoms with Gasteiger partial charge in [-0.05, 0) is 62.1 Å². The molecule has 2 heterocycles. The maximum Gasteiger partial charge on any atom is 0.322 e. The first-order valence-electron chi connectivity index (χ1n) is 11.4. The topological polar surface area (TPSA) is 79.0 Å². The van der Waals surface area contributed by atoms with Crippen LogP contribution >= 0.6 is 0 Å². The number of para-hydroxylation sites is 1. The SMILES string of the molecule is CCOc1cc(C)ccc1C(=O)/C=C/C(=O)N1CCC(N2Cc3ccccc3NC2=O)CC1. The number of carbonyl (C=O) groups excluding carboxylic acids is 3. The van der Waals surface area contributed by atoms with Crippen LogP contribution in [0.5, 0.6) is 5.75 Å². The zero-order chi connectivity index (χ0) is 23.4. The minimum absolute atomic E-state index is 0.0781. The maximum atomic E-state index is 12.7. The molecule has 0 aliphatic carbocycles. The Morgan fingerprint density at radius 2 is 1.88 bits per heavy atom. The first-order chi connectivity index (χ1) is 16.0. The molecular formula is C26H29N3O4. The molecular weight excluding hydrogens is 418 g/mol. The van der Waals surface area contributed by atoms with E-state index in [2.05, 4.69) is 5.32 Å². The lowest BCUT2D eigenvalue weighted by Gasteiger charge is -2.40. The number of carbonyl (C=O) groups is 3. The van der Waals surface area contributed by atoms with Gasteiger partial charge in [-0.3, -0.25) is 9.59 Å². The number of fused-ring (bicyclic) bond motifs is 1. The largest absolute Gasteiger partial charge is 0.493 e. The van der Waals surface area contributed by atoms with E-state index in [4.69, 9.17) is 4.74 Å². The molecule has 2 aliphatic heterocycles. The van der Waals surface area contributed by atoms with E-state index >= 15 is 0 Å². The third-order valence-corrected chi connectivity index (χ3v) is 6.16. The third-order valence-electron chi connectivity index (χ3n) is 6.16. The van der Waals surface area contributed by atoms with Gasteiger partial charge < -0.3 is 19.9 Å². The molecule has 3 amide bonds. The molecule has 0 unspecified atom stereocenters. The van der Waals surface area contributed by atoms with Crippen molar-refractivity contribution in [1.29, 1.82) is 0 Å². The van der Waals surface area contributed by atoms with Crippen LogP contribution < -0.4 is 10.1 Å². The molecule has 7 nitrogen and oxygen atoms in total. The first-order valence-corrected chi connectivity index (χ1v) is 11.4. The summed E-state index contributed by atoms with van der Waals surface area (Å²) in [7, 11) is 0. The summed E-state index contributed by atoms with van der Waals surface area (Å²) in [4.78, 5) is 41.5. The Kier molecular flexibility index (Phi) is 6.77. The number of likely N-dealkylation sites (tertiary alicyclic amines) is 1. The normalized spacial score (nSPS) is 16.5. The number of amides is 3. The molecule has 0 saturated carbocycles. The molecule has 1 N–H and O–H groups in total. The van der Waals surface area contributed by atoms with Crippen LogP contribution in [0, 0.1) is 6.92 Å². The maximum absolute atomic E-state index is 12.7. The third kappa shape index (κ3) is 5.08. The standard InChI is InChI=1S/C26H29N3O4/c1-3-33-24-16-18(2)8-9-21(24)23(30)10-11-25(31)28-14-12-20(13-15-28)29-17-19-6-4-5-7-22(19)27-26(29)32/h4-11,16,20H,3,12-15,17H2,1-2H3,(H,27,32)/b11-10+. The Bertz CT molecular complexity index is 1090. The molecule has 0 spiro atoms. The number of hydrogen-bond acceptors (Lipinski definition) is 4. The van der Waals surface area contributed by atoms with Crippen molar-refractivity contribution in [2.45, 2.75) is 39.3 Å². The van der Waals surface area contributed by atoms with E-state index in [1.165, 1.54) is 12.2 Å². The molecule has 0 bridgehead atoms. The van der Waals surface area contributed by atoms with Crippen LogP contribution in [0.1, 0.15) is 41.3 Å². The van der Waals surface area contributed by atoms with Crippen molar-refractivity contribution in [3.63, 3.8) is 0 Å². The lowest BCUT2D eigenvalue weighted by molar-refractivity contribution is -0.127. The number of piperidine rings is 1. The highest BCUT2D eigenvalue weighted by Crippen LogP contribution is 2.27. The average Bonchev–Trinajstić information content (AvgIpc) is 2.82. The molecule has 1 saturated heterocycles. The van der Waals surface area contributed by atoms with Crippen molar-refractivity contribution < 1.29 is 19.1 Å². The molecule has 2 aromatic rings. The van der Waals surface area contributed by atoms with Gasteiger partial charge in [0.2, 0.25) is 5.91 Å². The van der Waals surface area contributed by atoms with Gasteiger partial charge in [0.25, 0.3) is 0 Å². The van der Waals surface area contributed by atoms with Crippen LogP contribution in [0.3, 0.4) is 0 Å². The van der Waals surface area contributed by atoms with Crippen LogP contribution in [-0.2, 0) is 11.3 Å². The molecule has 0 radical (unpaired) electrons. The highest BCUT2D eigenvalue weighted by atomic mass is 16.5. The van der Waals surface area contributed by atoms with Gasteiger partial charge >= 0.3 is 6.03 Å². The number of allylic oxidation sites excluding steroid dienone is 1. The fourth-order valence-corrected chi connectivity index (χ4v) is 4.37. The van der Waals surface area contributed by atoms with Gasteiger partial charge in [0.15, 0.2) is 5.78 Å². The summed E-state index contributed by atoms with van der Waals surface area (Å²) in [6, 6.07) is 13.2. The number of aryl methyl sites for hydroxylation is 1. The number of nitrogens with one attached hydrogen (secondary N) is 1. The van der Waals surface area contributed by atoms with Crippen molar-refractivity contribution in [1.82, 2.24) is 9.80 Å². The van der Waals surface area contributed by atoms with Crippen LogP contribution in [0.15, 0.2) is 54.6 Å². The second kappa shape index (κ2) is 9.90. The molecule has 0 aromatic heterocycles. The molecule has 7 heteroatoms. The van der Waals surface area contributed by atoms with Crippen molar-refractivity contribution in [2.24, 2.45) is 0 Å². The quantitative estimate of drug-likeness (QED) is 0.532. The van der Waals surface area contributed by atoms with Gasteiger partial charge in [-0.1, -0.05) is 24.3 Å². The van der Waals surface area contributed by atoms with Gasteiger partial charge in [-0.2, -0.15) is 0 Å². The summed E-state index contributed by atoms with van der Waals surface area (Å²) in [6.45, 7) is 5.93. The summed E-state index contributed by atoms with van der Waals surface area (Å²) < 4.78 is 5.57. The zero-order valence-electron chi connectivity index (χ0n) is 19.0. The summed E-state index contributed by atoms with van der Waals surface area (Å²) in [5.41, 5.74) is 3.41. The van der Waals surface area contributed by atoms with Crippen LogP contribution in [0.25, 0.3) is 0 Å². The monoisotopic (exact) mass is 447 g/mol. The highest BCUT2D eigenvalue weighted by Gasteiger charge is 2.32. The molecule has 2 aliphatic rings. The van der Waals surface area contributed by atoms with E-state index in [1.807, 2.05) is 55.1 Å². The van der Waals surface area contributed by atoms with E-state index in [1.54, 1.807) is 11.0 Å². The number of hydrogen-bond donors (Lipinski definition) is 1. The second-order valence-corrected chi connectivity index (χ2v) is 8.40. The van der Waals surface area contributed by atoms with Crippen molar-refractivity contribution in [2.75, 3.05) is 25.0 Å². The molecule has 4 rings (SSSR count). The number of nitrogens with zero attached hydrogens (tertiary/aromatic N) is 2. The number of benzene rings is 2. The van der Waals surface area contributed by atoms with Crippen molar-refractivity contribution in [3.05, 3.63) is 71.3 Å².